The zero-order valence-corrected chi connectivity index (χ0v) is 27.6. The molecule has 0 spiro atoms. The number of aliphatic hydroxyl groups is 1. The molecular weight excluding hydrogens is 632 g/mol. The van der Waals surface area contributed by atoms with Crippen molar-refractivity contribution in [1.82, 2.24) is 20.9 Å². The van der Waals surface area contributed by atoms with Gasteiger partial charge >= 0.3 is 0 Å². The second-order valence-corrected chi connectivity index (χ2v) is 12.9. The predicted octanol–water partition coefficient (Wildman–Crippen LogP) is -1.57. The molecule has 4 amide bonds. The minimum atomic E-state index is -1.31. The van der Waals surface area contributed by atoms with E-state index in [9.17, 15) is 34.5 Å². The quantitative estimate of drug-likeness (QED) is 0.121. The summed E-state index contributed by atoms with van der Waals surface area (Å²) >= 11 is 0. The summed E-state index contributed by atoms with van der Waals surface area (Å²) < 4.78 is 0. The number of fused-ring (bicyclic) bond motifs is 5. The molecule has 0 unspecified atom stereocenters. The summed E-state index contributed by atoms with van der Waals surface area (Å²) in [6.45, 7) is 0.786. The van der Waals surface area contributed by atoms with E-state index >= 15 is 0 Å². The van der Waals surface area contributed by atoms with Gasteiger partial charge in [0.1, 0.15) is 29.6 Å². The SMILES string of the molecule is NCCCC[C@H](N)CNC(=O)[C@@H]1C[C@@H](O)CN1C(=O)[C@@H]1Cc2cc(ccc2O)-c2ccc(O)c(c2)C[C@H](N)C(=O)N[C@@H](CCCN)C(=O)N1. The third kappa shape index (κ3) is 9.89. The number of carbonyl (C=O) groups excluding carboxylic acids is 4. The average Bonchev–Trinajstić information content (AvgIpc) is 3.47. The van der Waals surface area contributed by atoms with Gasteiger partial charge in [-0.2, -0.15) is 0 Å². The predicted molar refractivity (Wildman–Crippen MR) is 183 cm³/mol. The van der Waals surface area contributed by atoms with Crippen molar-refractivity contribution in [3.8, 4) is 22.6 Å². The molecule has 15 heteroatoms. The van der Waals surface area contributed by atoms with Crippen molar-refractivity contribution < 1.29 is 34.5 Å². The van der Waals surface area contributed by atoms with Gasteiger partial charge in [0, 0.05) is 38.4 Å². The first-order valence-electron chi connectivity index (χ1n) is 16.8. The number of hydrogen-bond acceptors (Lipinski definition) is 11. The number of rotatable bonds is 11. The maximum Gasteiger partial charge on any atom is 0.246 e. The van der Waals surface area contributed by atoms with Crippen molar-refractivity contribution in [2.45, 2.75) is 87.7 Å². The number of carbonyl (C=O) groups is 4. The maximum absolute atomic E-state index is 14.3. The van der Waals surface area contributed by atoms with Gasteiger partial charge in [0.15, 0.2) is 0 Å². The summed E-state index contributed by atoms with van der Waals surface area (Å²) in [6.07, 6.45) is 1.57. The molecule has 49 heavy (non-hydrogen) atoms. The minimum absolute atomic E-state index is 0.0162. The van der Waals surface area contributed by atoms with Crippen molar-refractivity contribution >= 4 is 23.6 Å². The second kappa shape index (κ2) is 17.4. The number of nitrogens with two attached hydrogens (primary N) is 4. The van der Waals surface area contributed by atoms with Gasteiger partial charge < -0.3 is 59.1 Å². The summed E-state index contributed by atoms with van der Waals surface area (Å²) in [7, 11) is 0. The van der Waals surface area contributed by atoms with Crippen LogP contribution >= 0.6 is 0 Å². The van der Waals surface area contributed by atoms with Gasteiger partial charge in [-0.1, -0.05) is 18.6 Å². The number of likely N-dealkylation sites (tertiary alicyclic amines) is 1. The number of hydrogen-bond donors (Lipinski definition) is 10. The highest BCUT2D eigenvalue weighted by molar-refractivity contribution is 5.95. The van der Waals surface area contributed by atoms with Crippen molar-refractivity contribution in [2.75, 3.05) is 26.2 Å². The van der Waals surface area contributed by atoms with E-state index in [0.29, 0.717) is 41.6 Å². The Morgan fingerprint density at radius 1 is 0.918 bits per heavy atom. The molecule has 4 rings (SSSR count). The van der Waals surface area contributed by atoms with Gasteiger partial charge in [-0.05, 0) is 85.3 Å². The standard InChI is InChI=1S/C34H50N8O7/c35-10-2-1-4-23(37)17-39-33(48)28-16-24(43)18-42(28)34(49)27-15-22-13-20(7-9-30(22)45)19-6-8-29(44)21(12-19)14-25(38)31(46)40-26(5-3-11-36)32(47)41-27/h6-9,12-13,23-28,43-45H,1-5,10-11,14-18,35-38H2,(H,39,48)(H,40,46)(H,41,47)/t23-,24+,25-,26-,27-,28-/m0/s1. The van der Waals surface area contributed by atoms with Crippen LogP contribution in [0.25, 0.3) is 11.1 Å². The lowest BCUT2D eigenvalue weighted by Crippen LogP contribution is -2.58. The van der Waals surface area contributed by atoms with Crippen LogP contribution in [0.4, 0.5) is 0 Å². The fraction of sp³-hybridized carbons (Fsp3) is 0.529. The number of benzene rings is 2. The number of β-amino-alcohol motifs (C(OH)–C–C–N with tert-alkyl or cyclic N) is 1. The van der Waals surface area contributed by atoms with Gasteiger partial charge in [0.2, 0.25) is 23.6 Å². The molecule has 2 aliphatic rings. The molecule has 0 aliphatic carbocycles. The monoisotopic (exact) mass is 682 g/mol. The molecule has 0 saturated carbocycles. The van der Waals surface area contributed by atoms with E-state index in [0.717, 1.165) is 12.8 Å². The zero-order valence-electron chi connectivity index (χ0n) is 27.6. The molecule has 2 heterocycles. The van der Waals surface area contributed by atoms with Crippen LogP contribution in [0, 0.1) is 0 Å². The van der Waals surface area contributed by atoms with Crippen LogP contribution in [0.1, 0.15) is 49.7 Å². The second-order valence-electron chi connectivity index (χ2n) is 12.9. The summed E-state index contributed by atoms with van der Waals surface area (Å²) in [4.78, 5) is 55.8. The van der Waals surface area contributed by atoms with Crippen molar-refractivity contribution in [2.24, 2.45) is 22.9 Å². The Hall–Kier alpha value is -4.28. The molecule has 0 radical (unpaired) electrons. The largest absolute Gasteiger partial charge is 0.508 e. The number of phenolic OH excluding ortho intramolecular Hbond substituents is 2. The molecule has 2 aromatic rings. The molecule has 2 aliphatic heterocycles. The normalized spacial score (nSPS) is 23.5. The Labute approximate surface area is 285 Å². The smallest absolute Gasteiger partial charge is 0.246 e. The highest BCUT2D eigenvalue weighted by Crippen LogP contribution is 2.31. The molecule has 15 nitrogen and oxygen atoms in total. The molecule has 1 saturated heterocycles. The van der Waals surface area contributed by atoms with Crippen LogP contribution in [0.5, 0.6) is 11.5 Å². The van der Waals surface area contributed by atoms with E-state index in [1.807, 2.05) is 0 Å². The lowest BCUT2D eigenvalue weighted by molar-refractivity contribution is -0.142. The topological polar surface area (TPSA) is 272 Å². The van der Waals surface area contributed by atoms with E-state index in [1.54, 1.807) is 24.3 Å². The van der Waals surface area contributed by atoms with Crippen LogP contribution in [-0.4, -0.2) is 106 Å². The summed E-state index contributed by atoms with van der Waals surface area (Å²) in [5, 5.41) is 40.2. The van der Waals surface area contributed by atoms with E-state index in [2.05, 4.69) is 16.0 Å². The first-order valence-corrected chi connectivity index (χ1v) is 16.8. The Balaban J connectivity index is 1.68. The molecule has 1 fully saturated rings. The third-order valence-electron chi connectivity index (χ3n) is 9.07. The minimum Gasteiger partial charge on any atom is -0.508 e. The number of aliphatic hydroxyl groups excluding tert-OH is 1. The van der Waals surface area contributed by atoms with Gasteiger partial charge in [0.25, 0.3) is 0 Å². The molecule has 14 N–H and O–H groups in total. The maximum atomic E-state index is 14.3. The molecular formula is C34H50N8O7. The lowest BCUT2D eigenvalue weighted by Gasteiger charge is -2.30. The Bertz CT molecular complexity index is 1490. The number of aromatic hydroxyl groups is 2. The lowest BCUT2D eigenvalue weighted by atomic mass is 9.95. The average molecular weight is 683 g/mol. The van der Waals surface area contributed by atoms with Gasteiger partial charge in [-0.15, -0.1) is 0 Å². The molecule has 2 aromatic carbocycles. The first-order chi connectivity index (χ1) is 23.4. The Kier molecular flexibility index (Phi) is 13.3. The highest BCUT2D eigenvalue weighted by Gasteiger charge is 2.42. The Morgan fingerprint density at radius 2 is 1.55 bits per heavy atom. The van der Waals surface area contributed by atoms with E-state index in [1.165, 1.54) is 17.0 Å². The van der Waals surface area contributed by atoms with Crippen molar-refractivity contribution in [3.05, 3.63) is 47.5 Å². The highest BCUT2D eigenvalue weighted by atomic mass is 16.3. The van der Waals surface area contributed by atoms with Crippen LogP contribution in [0.15, 0.2) is 36.4 Å². The number of phenols is 2. The molecule has 6 atom stereocenters. The van der Waals surface area contributed by atoms with Crippen molar-refractivity contribution in [1.29, 1.82) is 0 Å². The molecule has 268 valence electrons. The van der Waals surface area contributed by atoms with Crippen LogP contribution < -0.4 is 38.9 Å². The fourth-order valence-corrected chi connectivity index (χ4v) is 6.26. The van der Waals surface area contributed by atoms with E-state index in [4.69, 9.17) is 22.9 Å². The summed E-state index contributed by atoms with van der Waals surface area (Å²) in [6, 6.07) is 4.75. The van der Waals surface area contributed by atoms with Crippen LogP contribution in [-0.2, 0) is 32.0 Å². The van der Waals surface area contributed by atoms with Gasteiger partial charge in [-0.25, -0.2) is 0 Å². The van der Waals surface area contributed by atoms with Crippen LogP contribution in [0.2, 0.25) is 0 Å². The third-order valence-corrected chi connectivity index (χ3v) is 9.07. The van der Waals surface area contributed by atoms with Crippen molar-refractivity contribution in [3.63, 3.8) is 0 Å². The summed E-state index contributed by atoms with van der Waals surface area (Å²) in [5.74, 6) is -2.66. The first kappa shape index (κ1) is 37.5. The fourth-order valence-electron chi connectivity index (χ4n) is 6.26. The molecule has 0 aromatic heterocycles. The number of unbranched alkanes of at least 4 members (excludes halogenated alkanes) is 1. The Morgan fingerprint density at radius 3 is 2.18 bits per heavy atom. The molecule has 4 bridgehead atoms. The zero-order chi connectivity index (χ0) is 35.7. The van der Waals surface area contributed by atoms with E-state index < -0.39 is 53.9 Å². The van der Waals surface area contributed by atoms with Gasteiger partial charge in [-0.3, -0.25) is 19.2 Å². The van der Waals surface area contributed by atoms with Crippen LogP contribution in [0.3, 0.4) is 0 Å². The van der Waals surface area contributed by atoms with E-state index in [-0.39, 0.29) is 62.9 Å². The number of nitrogens with one attached hydrogen (secondary N) is 3. The van der Waals surface area contributed by atoms with Gasteiger partial charge in [0.05, 0.1) is 12.1 Å². The number of amides is 4. The number of nitrogens with zero attached hydrogens (tertiary/aromatic N) is 1. The summed E-state index contributed by atoms with van der Waals surface area (Å²) in [5.41, 5.74) is 25.7.